The topological polar surface area (TPSA) is 9.23 Å². The van der Waals surface area contributed by atoms with Crippen molar-refractivity contribution in [2.24, 2.45) is 35.0 Å². The predicted molar refractivity (Wildman–Crippen MR) is 114 cm³/mol. The molecule has 0 saturated heterocycles. The van der Waals surface area contributed by atoms with E-state index in [2.05, 4.69) is 37.7 Å². The van der Waals surface area contributed by atoms with Crippen LogP contribution in [0.2, 0.25) is 0 Å². The van der Waals surface area contributed by atoms with Gasteiger partial charge in [0, 0.05) is 13.7 Å². The summed E-state index contributed by atoms with van der Waals surface area (Å²) in [6, 6.07) is 0. The summed E-state index contributed by atoms with van der Waals surface area (Å²) >= 11 is 0. The molecule has 0 heterocycles. The van der Waals surface area contributed by atoms with E-state index in [0.29, 0.717) is 5.41 Å². The van der Waals surface area contributed by atoms with Gasteiger partial charge in [0.2, 0.25) is 0 Å². The molecule has 26 heavy (non-hydrogen) atoms. The lowest BCUT2D eigenvalue weighted by molar-refractivity contribution is 0.0197. The van der Waals surface area contributed by atoms with Gasteiger partial charge in [-0.3, -0.25) is 0 Å². The lowest BCUT2D eigenvalue weighted by Crippen LogP contribution is -2.43. The van der Waals surface area contributed by atoms with Gasteiger partial charge < -0.3 is 4.74 Å². The van der Waals surface area contributed by atoms with Crippen LogP contribution in [-0.4, -0.2) is 13.7 Å². The number of hydrogen-bond donors (Lipinski definition) is 0. The third-order valence-corrected chi connectivity index (χ3v) is 7.91. The van der Waals surface area contributed by atoms with Gasteiger partial charge in [0.05, 0.1) is 0 Å². The zero-order chi connectivity index (χ0) is 19.3. The van der Waals surface area contributed by atoms with Gasteiger partial charge in [-0.1, -0.05) is 46.8 Å². The molecule has 6 unspecified atom stereocenters. The van der Waals surface area contributed by atoms with E-state index >= 15 is 0 Å². The maximum absolute atomic E-state index is 4.54. The first-order valence-corrected chi connectivity index (χ1v) is 11.4. The van der Waals surface area contributed by atoms with Gasteiger partial charge in [-0.05, 0) is 98.0 Å². The Labute approximate surface area is 163 Å². The lowest BCUT2D eigenvalue weighted by atomic mass is 9.53. The fourth-order valence-corrected chi connectivity index (χ4v) is 6.23. The molecule has 4 rings (SSSR count). The monoisotopic (exact) mass is 360 g/mol. The summed E-state index contributed by atoms with van der Waals surface area (Å²) in [5.74, 6) is 4.70. The second-order valence-corrected chi connectivity index (χ2v) is 9.08. The highest BCUT2D eigenvalue weighted by Gasteiger charge is 2.53. The number of ether oxygens (including phenoxy) is 1. The van der Waals surface area contributed by atoms with Crippen LogP contribution in [0.3, 0.4) is 0 Å². The Kier molecular flexibility index (Phi) is 8.01. The van der Waals surface area contributed by atoms with Crippen LogP contribution in [0.15, 0.2) is 23.3 Å². The van der Waals surface area contributed by atoms with Crippen molar-refractivity contribution in [1.82, 2.24) is 0 Å². The fraction of sp³-hybridized carbons (Fsp3) is 0.840. The summed E-state index contributed by atoms with van der Waals surface area (Å²) in [6.07, 6.45) is 15.3. The first-order valence-electron chi connectivity index (χ1n) is 11.4. The molecule has 150 valence electrons. The van der Waals surface area contributed by atoms with Crippen LogP contribution in [0.5, 0.6) is 0 Å². The zero-order valence-electron chi connectivity index (χ0n) is 18.6. The Balaban J connectivity index is 0.000000361. The third-order valence-electron chi connectivity index (χ3n) is 7.91. The van der Waals surface area contributed by atoms with Crippen LogP contribution >= 0.6 is 0 Å². The van der Waals surface area contributed by atoms with Crippen LogP contribution in [0, 0.1) is 35.0 Å². The average Bonchev–Trinajstić information content (AvgIpc) is 2.98. The molecule has 1 nitrogen and oxygen atoms in total. The van der Waals surface area contributed by atoms with E-state index in [4.69, 9.17) is 0 Å². The Morgan fingerprint density at radius 3 is 2.46 bits per heavy atom. The van der Waals surface area contributed by atoms with Gasteiger partial charge in [0.1, 0.15) is 0 Å². The molecule has 4 aliphatic rings. The van der Waals surface area contributed by atoms with Crippen molar-refractivity contribution in [2.45, 2.75) is 86.5 Å². The van der Waals surface area contributed by atoms with Gasteiger partial charge in [0.15, 0.2) is 0 Å². The first kappa shape index (κ1) is 21.7. The van der Waals surface area contributed by atoms with Crippen LogP contribution in [0.4, 0.5) is 0 Å². The number of methoxy groups -OCH3 is 1. The summed E-state index contributed by atoms with van der Waals surface area (Å²) in [6.45, 7) is 14.3. The Morgan fingerprint density at radius 1 is 1.12 bits per heavy atom. The molecule has 0 bridgehead atoms. The molecule has 3 saturated carbocycles. The number of hydrogen-bond acceptors (Lipinski definition) is 1. The van der Waals surface area contributed by atoms with E-state index in [9.17, 15) is 0 Å². The molecule has 1 heteroatoms. The summed E-state index contributed by atoms with van der Waals surface area (Å²) < 4.78 is 4.54. The molecular formula is C25H44O. The Bertz CT molecular complexity index is 500. The minimum Gasteiger partial charge on any atom is -0.385 e. The molecular weight excluding hydrogens is 316 g/mol. The summed E-state index contributed by atoms with van der Waals surface area (Å²) in [4.78, 5) is 0. The van der Waals surface area contributed by atoms with E-state index in [-0.39, 0.29) is 0 Å². The van der Waals surface area contributed by atoms with Crippen molar-refractivity contribution in [1.29, 1.82) is 0 Å². The molecule has 3 fully saturated rings. The Morgan fingerprint density at radius 2 is 1.81 bits per heavy atom. The van der Waals surface area contributed by atoms with Crippen molar-refractivity contribution < 1.29 is 4.74 Å². The number of allylic oxidation sites excluding steroid dienone is 4. The fourth-order valence-electron chi connectivity index (χ4n) is 6.23. The molecule has 0 aliphatic heterocycles. The maximum Gasteiger partial charge on any atom is 0.0433 e. The van der Waals surface area contributed by atoms with Crippen molar-refractivity contribution in [3.05, 3.63) is 23.3 Å². The zero-order valence-corrected chi connectivity index (χ0v) is 18.6. The highest BCUT2D eigenvalue weighted by Crippen LogP contribution is 2.63. The molecule has 6 atom stereocenters. The standard InChI is InChI=1S/C20H30.C3H8O.C2H6/c1-13-4-7-16-15(12-13)6-8-18-17(16)10-11-20(3)14(2)5-9-19(18)20;1-3-4-2;1-2/h7,12-14,17-19H,4-6,8-11H2,1-3H3;3H2,1-2H3;1-2H3. The highest BCUT2D eigenvalue weighted by atomic mass is 16.5. The van der Waals surface area contributed by atoms with E-state index < -0.39 is 0 Å². The second kappa shape index (κ2) is 9.58. The van der Waals surface area contributed by atoms with Crippen molar-refractivity contribution in [3.8, 4) is 0 Å². The van der Waals surface area contributed by atoms with Crippen LogP contribution in [-0.2, 0) is 4.74 Å². The summed E-state index contributed by atoms with van der Waals surface area (Å²) in [5, 5.41) is 0. The SMILES string of the molecule is CC.CC1C=C2CCC3C(CCC4(C)C(C)CCC34)C2=CC1.CCOC. The van der Waals surface area contributed by atoms with E-state index in [1.54, 1.807) is 18.3 Å². The van der Waals surface area contributed by atoms with E-state index in [0.717, 1.165) is 36.2 Å². The van der Waals surface area contributed by atoms with Crippen molar-refractivity contribution in [3.63, 3.8) is 0 Å². The van der Waals surface area contributed by atoms with Crippen LogP contribution in [0.25, 0.3) is 0 Å². The van der Waals surface area contributed by atoms with Crippen LogP contribution in [0.1, 0.15) is 86.5 Å². The highest BCUT2D eigenvalue weighted by molar-refractivity contribution is 5.39. The molecule has 0 radical (unpaired) electrons. The molecule has 0 spiro atoms. The van der Waals surface area contributed by atoms with Crippen LogP contribution < -0.4 is 0 Å². The predicted octanol–water partition coefficient (Wildman–Crippen LogP) is 7.43. The van der Waals surface area contributed by atoms with E-state index in [1.165, 1.54) is 44.9 Å². The van der Waals surface area contributed by atoms with E-state index in [1.807, 2.05) is 20.8 Å². The molecule has 0 amide bonds. The van der Waals surface area contributed by atoms with Gasteiger partial charge >= 0.3 is 0 Å². The number of rotatable bonds is 1. The Hall–Kier alpha value is -0.560. The smallest absolute Gasteiger partial charge is 0.0433 e. The van der Waals surface area contributed by atoms with Gasteiger partial charge in [-0.2, -0.15) is 0 Å². The minimum atomic E-state index is 0.672. The lowest BCUT2D eigenvalue weighted by Gasteiger charge is -2.52. The van der Waals surface area contributed by atoms with Gasteiger partial charge in [0.25, 0.3) is 0 Å². The normalized spacial score (nSPS) is 40.3. The average molecular weight is 361 g/mol. The maximum atomic E-state index is 4.54. The summed E-state index contributed by atoms with van der Waals surface area (Å²) in [7, 11) is 1.68. The van der Waals surface area contributed by atoms with Gasteiger partial charge in [-0.15, -0.1) is 0 Å². The largest absolute Gasteiger partial charge is 0.385 e. The molecule has 0 aromatic heterocycles. The third kappa shape index (κ3) is 4.13. The molecule has 0 aromatic rings. The first-order chi connectivity index (χ1) is 12.5. The van der Waals surface area contributed by atoms with Crippen molar-refractivity contribution >= 4 is 0 Å². The minimum absolute atomic E-state index is 0.672. The molecule has 4 aliphatic carbocycles. The second-order valence-electron chi connectivity index (χ2n) is 9.08. The summed E-state index contributed by atoms with van der Waals surface area (Å²) in [5.41, 5.74) is 4.20. The quantitative estimate of drug-likeness (QED) is 0.472. The van der Waals surface area contributed by atoms with Gasteiger partial charge in [-0.25, -0.2) is 0 Å². The molecule has 0 N–H and O–H groups in total. The van der Waals surface area contributed by atoms with Crippen molar-refractivity contribution in [2.75, 3.05) is 13.7 Å². The number of fused-ring (bicyclic) bond motifs is 5. The molecule has 0 aromatic carbocycles.